The molecule has 0 unspecified atom stereocenters. The van der Waals surface area contributed by atoms with Crippen molar-refractivity contribution in [1.29, 1.82) is 0 Å². The Morgan fingerprint density at radius 2 is 1.70 bits per heavy atom. The molecule has 0 spiro atoms. The molecule has 0 fully saturated rings. The lowest BCUT2D eigenvalue weighted by Crippen LogP contribution is -2.47. The summed E-state index contributed by atoms with van der Waals surface area (Å²) in [7, 11) is -1.04. The van der Waals surface area contributed by atoms with Crippen molar-refractivity contribution in [3.8, 4) is 16.9 Å². The first-order valence-corrected chi connectivity index (χ1v) is 14.8. The Labute approximate surface area is 236 Å². The van der Waals surface area contributed by atoms with Gasteiger partial charge in [-0.3, -0.25) is 0 Å². The monoisotopic (exact) mass is 566 g/mol. The molecule has 0 aliphatic heterocycles. The van der Waals surface area contributed by atoms with Gasteiger partial charge >= 0.3 is 5.97 Å². The Morgan fingerprint density at radius 1 is 1.05 bits per heavy atom. The van der Waals surface area contributed by atoms with Crippen molar-refractivity contribution in [2.45, 2.75) is 49.6 Å². The van der Waals surface area contributed by atoms with E-state index in [1.165, 1.54) is 43.5 Å². The van der Waals surface area contributed by atoms with Crippen LogP contribution in [0, 0.1) is 5.92 Å². The minimum Gasteiger partial charge on any atom is -0.496 e. The summed E-state index contributed by atoms with van der Waals surface area (Å²) in [5, 5.41) is 23.5. The van der Waals surface area contributed by atoms with Crippen LogP contribution >= 0.6 is 0 Å². The number of aliphatic hydroxyl groups is 1. The number of sulfonamides is 1. The number of nitrogens with one attached hydrogen (secondary N) is 1. The quantitative estimate of drug-likeness (QED) is 0.301. The molecule has 8 nitrogen and oxygen atoms in total. The van der Waals surface area contributed by atoms with Gasteiger partial charge in [0.2, 0.25) is 10.0 Å². The van der Waals surface area contributed by atoms with Crippen LogP contribution in [0.4, 0.5) is 0 Å². The standard InChI is InChI=1S/C31H38N2O6S/c1-31(2,18-21-14-22-8-5-6-9-23(22)15-21)32-19-26(34)20-33(3)40(37,38)27-11-7-10-24(16-27)25-12-13-28(30(35)36)29(17-25)39-4/h5-13,16-17,21,26,32,34H,14-15,18-20H2,1-4H3,(H,35,36)/t26-/m1/s1. The highest BCUT2D eigenvalue weighted by atomic mass is 32.2. The number of carboxylic acid groups (broad SMARTS) is 1. The number of β-amino-alcohol motifs (C(OH)–C–C–N with tert-alkyl or cyclic N) is 1. The maximum absolute atomic E-state index is 13.3. The van der Waals surface area contributed by atoms with E-state index < -0.39 is 22.1 Å². The molecule has 214 valence electrons. The van der Waals surface area contributed by atoms with Crippen LogP contribution in [0.3, 0.4) is 0 Å². The molecule has 0 saturated carbocycles. The first kappa shape index (κ1) is 29.7. The summed E-state index contributed by atoms with van der Waals surface area (Å²) < 4.78 is 33.1. The molecule has 0 saturated heterocycles. The lowest BCUT2D eigenvalue weighted by atomic mass is 9.88. The molecule has 9 heteroatoms. The Bertz CT molecular complexity index is 1450. The van der Waals surface area contributed by atoms with Gasteiger partial charge in [-0.1, -0.05) is 42.5 Å². The van der Waals surface area contributed by atoms with Crippen molar-refractivity contribution in [2.75, 3.05) is 27.2 Å². The van der Waals surface area contributed by atoms with Gasteiger partial charge in [-0.05, 0) is 85.5 Å². The number of methoxy groups -OCH3 is 1. The second-order valence-corrected chi connectivity index (χ2v) is 13.2. The van der Waals surface area contributed by atoms with Crippen molar-refractivity contribution in [3.63, 3.8) is 0 Å². The number of rotatable bonds is 12. The van der Waals surface area contributed by atoms with Crippen LogP contribution in [-0.4, -0.2) is 67.8 Å². The lowest BCUT2D eigenvalue weighted by Gasteiger charge is -2.31. The average molecular weight is 567 g/mol. The highest BCUT2D eigenvalue weighted by molar-refractivity contribution is 7.89. The van der Waals surface area contributed by atoms with Gasteiger partial charge in [0.25, 0.3) is 0 Å². The zero-order valence-corrected chi connectivity index (χ0v) is 24.2. The van der Waals surface area contributed by atoms with Gasteiger partial charge in [-0.15, -0.1) is 0 Å². The van der Waals surface area contributed by atoms with E-state index in [1.54, 1.807) is 24.3 Å². The van der Waals surface area contributed by atoms with E-state index >= 15 is 0 Å². The van der Waals surface area contributed by atoms with Gasteiger partial charge in [-0.25, -0.2) is 13.2 Å². The van der Waals surface area contributed by atoms with Crippen LogP contribution in [0.2, 0.25) is 0 Å². The lowest BCUT2D eigenvalue weighted by molar-refractivity contribution is 0.0693. The molecule has 0 radical (unpaired) electrons. The molecule has 0 heterocycles. The number of aromatic carboxylic acids is 1. The van der Waals surface area contributed by atoms with Crippen LogP contribution < -0.4 is 10.1 Å². The largest absolute Gasteiger partial charge is 0.496 e. The normalized spacial score (nSPS) is 14.8. The molecule has 40 heavy (non-hydrogen) atoms. The number of carbonyl (C=O) groups is 1. The van der Waals surface area contributed by atoms with Gasteiger partial charge < -0.3 is 20.3 Å². The van der Waals surface area contributed by atoms with Crippen molar-refractivity contribution in [2.24, 2.45) is 5.92 Å². The van der Waals surface area contributed by atoms with E-state index in [0.717, 1.165) is 23.6 Å². The molecule has 1 aliphatic carbocycles. The Hall–Kier alpha value is -3.24. The van der Waals surface area contributed by atoms with Crippen LogP contribution in [0.25, 0.3) is 11.1 Å². The number of fused-ring (bicyclic) bond motifs is 1. The van der Waals surface area contributed by atoms with Crippen LogP contribution in [0.15, 0.2) is 71.6 Å². The van der Waals surface area contributed by atoms with Gasteiger partial charge in [-0.2, -0.15) is 4.31 Å². The number of nitrogens with zero attached hydrogens (tertiary/aromatic N) is 1. The molecule has 1 aliphatic rings. The fourth-order valence-corrected chi connectivity index (χ4v) is 6.76. The minimum absolute atomic E-state index is 0.0221. The summed E-state index contributed by atoms with van der Waals surface area (Å²) in [6, 6.07) is 19.6. The summed E-state index contributed by atoms with van der Waals surface area (Å²) in [4.78, 5) is 11.5. The fraction of sp³-hybridized carbons (Fsp3) is 0.387. The first-order chi connectivity index (χ1) is 18.9. The highest BCUT2D eigenvalue weighted by Gasteiger charge is 2.29. The fourth-order valence-electron chi connectivity index (χ4n) is 5.51. The molecule has 3 aromatic rings. The van der Waals surface area contributed by atoms with E-state index in [-0.39, 0.29) is 34.8 Å². The number of hydrogen-bond donors (Lipinski definition) is 3. The summed E-state index contributed by atoms with van der Waals surface area (Å²) in [6.45, 7) is 4.44. The third-order valence-corrected chi connectivity index (χ3v) is 9.35. The predicted octanol–water partition coefficient (Wildman–Crippen LogP) is 4.22. The van der Waals surface area contributed by atoms with E-state index in [0.29, 0.717) is 17.0 Å². The molecular formula is C31H38N2O6S. The van der Waals surface area contributed by atoms with E-state index in [4.69, 9.17) is 4.74 Å². The zero-order valence-electron chi connectivity index (χ0n) is 23.4. The number of aliphatic hydroxyl groups excluding tert-OH is 1. The summed E-state index contributed by atoms with van der Waals surface area (Å²) in [5.74, 6) is -0.388. The molecule has 4 rings (SSSR count). The van der Waals surface area contributed by atoms with E-state index in [9.17, 15) is 23.4 Å². The highest BCUT2D eigenvalue weighted by Crippen LogP contribution is 2.32. The number of likely N-dealkylation sites (N-methyl/N-ethyl adjacent to an activating group) is 1. The third-order valence-electron chi connectivity index (χ3n) is 7.53. The van der Waals surface area contributed by atoms with Crippen molar-refractivity contribution in [1.82, 2.24) is 9.62 Å². The van der Waals surface area contributed by atoms with E-state index in [1.807, 2.05) is 0 Å². The molecular weight excluding hydrogens is 528 g/mol. The maximum Gasteiger partial charge on any atom is 0.339 e. The van der Waals surface area contributed by atoms with Crippen LogP contribution in [-0.2, 0) is 22.9 Å². The summed E-state index contributed by atoms with van der Waals surface area (Å²) in [5.41, 5.74) is 3.86. The minimum atomic E-state index is -3.88. The van der Waals surface area contributed by atoms with E-state index in [2.05, 4.69) is 43.4 Å². The Balaban J connectivity index is 1.37. The second-order valence-electron chi connectivity index (χ2n) is 11.2. The smallest absolute Gasteiger partial charge is 0.339 e. The number of carboxylic acids is 1. The predicted molar refractivity (Wildman–Crippen MR) is 155 cm³/mol. The number of hydrogen-bond acceptors (Lipinski definition) is 6. The molecule has 0 bridgehead atoms. The van der Waals surface area contributed by atoms with Gasteiger partial charge in [0.15, 0.2) is 0 Å². The zero-order chi connectivity index (χ0) is 29.1. The maximum atomic E-state index is 13.3. The third kappa shape index (κ3) is 6.90. The molecule has 0 aromatic heterocycles. The van der Waals surface area contributed by atoms with Crippen LogP contribution in [0.1, 0.15) is 41.8 Å². The van der Waals surface area contributed by atoms with Crippen molar-refractivity contribution in [3.05, 3.63) is 83.4 Å². The Morgan fingerprint density at radius 3 is 2.33 bits per heavy atom. The SMILES string of the molecule is COc1cc(-c2cccc(S(=O)(=O)N(C)C[C@H](O)CNC(C)(C)CC3Cc4ccccc4C3)c2)ccc1C(=O)O. The van der Waals surface area contributed by atoms with Crippen molar-refractivity contribution < 1.29 is 28.2 Å². The average Bonchev–Trinajstić information content (AvgIpc) is 3.33. The first-order valence-electron chi connectivity index (χ1n) is 13.4. The molecule has 3 N–H and O–H groups in total. The van der Waals surface area contributed by atoms with Crippen molar-refractivity contribution >= 4 is 16.0 Å². The van der Waals surface area contributed by atoms with Gasteiger partial charge in [0, 0.05) is 25.7 Å². The summed E-state index contributed by atoms with van der Waals surface area (Å²) >= 11 is 0. The molecule has 3 aromatic carbocycles. The number of benzene rings is 3. The molecule has 1 atom stereocenters. The Kier molecular flexibility index (Phi) is 8.99. The second kappa shape index (κ2) is 12.1. The topological polar surface area (TPSA) is 116 Å². The summed E-state index contributed by atoms with van der Waals surface area (Å²) in [6.07, 6.45) is 2.17. The number of ether oxygens (including phenoxy) is 1. The van der Waals surface area contributed by atoms with Crippen LogP contribution in [0.5, 0.6) is 5.75 Å². The van der Waals surface area contributed by atoms with Gasteiger partial charge in [0.1, 0.15) is 11.3 Å². The van der Waals surface area contributed by atoms with Gasteiger partial charge in [0.05, 0.1) is 18.1 Å². The molecule has 0 amide bonds.